The molecular formula is C16H18F3N3O. The Morgan fingerprint density at radius 1 is 1.26 bits per heavy atom. The number of carbonyl (C=O) groups excluding carboxylic acids is 1. The lowest BCUT2D eigenvalue weighted by Crippen LogP contribution is -2.35. The van der Waals surface area contributed by atoms with Crippen LogP contribution in [-0.4, -0.2) is 28.7 Å². The van der Waals surface area contributed by atoms with E-state index >= 15 is 0 Å². The van der Waals surface area contributed by atoms with Gasteiger partial charge in [-0.3, -0.25) is 9.48 Å². The summed E-state index contributed by atoms with van der Waals surface area (Å²) >= 11 is 0. The van der Waals surface area contributed by atoms with E-state index in [2.05, 4.69) is 5.10 Å². The molecule has 0 aliphatic carbocycles. The average molecular weight is 325 g/mol. The Bertz CT molecular complexity index is 653. The first-order valence-electron chi connectivity index (χ1n) is 7.25. The largest absolute Gasteiger partial charge is 0.303 e. The molecule has 7 heteroatoms. The van der Waals surface area contributed by atoms with Crippen molar-refractivity contribution in [2.45, 2.75) is 26.8 Å². The first kappa shape index (κ1) is 17.1. The van der Waals surface area contributed by atoms with E-state index in [1.54, 1.807) is 4.68 Å². The Labute approximate surface area is 132 Å². The van der Waals surface area contributed by atoms with Gasteiger partial charge >= 0.3 is 0 Å². The third kappa shape index (κ3) is 4.58. The minimum Gasteiger partial charge on any atom is -0.303 e. The van der Waals surface area contributed by atoms with Crippen LogP contribution in [0.5, 0.6) is 0 Å². The van der Waals surface area contributed by atoms with E-state index in [4.69, 9.17) is 0 Å². The number of aromatic nitrogens is 2. The molecule has 1 aromatic heterocycles. The molecule has 0 saturated heterocycles. The molecule has 0 radical (unpaired) electrons. The minimum atomic E-state index is -2.70. The number of alkyl halides is 2. The number of anilines is 1. The van der Waals surface area contributed by atoms with Gasteiger partial charge in [-0.05, 0) is 30.2 Å². The highest BCUT2D eigenvalue weighted by molar-refractivity contribution is 6.05. The lowest BCUT2D eigenvalue weighted by Gasteiger charge is -2.21. The molecule has 23 heavy (non-hydrogen) atoms. The highest BCUT2D eigenvalue weighted by Gasteiger charge is 2.23. The fraction of sp³-hybridized carbons (Fsp3) is 0.375. The van der Waals surface area contributed by atoms with Crippen molar-refractivity contribution in [2.24, 2.45) is 5.92 Å². The molecular weight excluding hydrogens is 307 g/mol. The number of halogens is 3. The summed E-state index contributed by atoms with van der Waals surface area (Å²) in [6.45, 7) is 3.87. The third-order valence-corrected chi connectivity index (χ3v) is 3.14. The molecule has 1 aromatic carbocycles. The summed E-state index contributed by atoms with van der Waals surface area (Å²) in [5.41, 5.74) is 0.434. The van der Waals surface area contributed by atoms with Crippen LogP contribution in [-0.2, 0) is 6.54 Å². The molecule has 2 aromatic rings. The topological polar surface area (TPSA) is 38.1 Å². The molecule has 0 aliphatic heterocycles. The van der Waals surface area contributed by atoms with Crippen LogP contribution < -0.4 is 4.90 Å². The SMILES string of the molecule is CC(C)Cn1cc(C(=O)N(CC(F)F)c2ccc(F)cc2)cn1. The Morgan fingerprint density at radius 2 is 1.91 bits per heavy atom. The van der Waals surface area contributed by atoms with Gasteiger partial charge in [-0.25, -0.2) is 13.2 Å². The van der Waals surface area contributed by atoms with E-state index < -0.39 is 24.7 Å². The molecule has 124 valence electrons. The molecule has 4 nitrogen and oxygen atoms in total. The summed E-state index contributed by atoms with van der Waals surface area (Å²) in [5, 5.41) is 4.07. The zero-order chi connectivity index (χ0) is 17.0. The maximum atomic E-state index is 13.0. The summed E-state index contributed by atoms with van der Waals surface area (Å²) in [6.07, 6.45) is 0.187. The Balaban J connectivity index is 2.25. The summed E-state index contributed by atoms with van der Waals surface area (Å²) in [6, 6.07) is 4.86. The predicted molar refractivity (Wildman–Crippen MR) is 81.1 cm³/mol. The number of hydrogen-bond acceptors (Lipinski definition) is 2. The van der Waals surface area contributed by atoms with Gasteiger partial charge in [-0.1, -0.05) is 13.8 Å². The van der Waals surface area contributed by atoms with E-state index in [0.717, 1.165) is 17.0 Å². The maximum absolute atomic E-state index is 13.0. The Kier molecular flexibility index (Phi) is 5.41. The van der Waals surface area contributed by atoms with E-state index in [0.29, 0.717) is 12.5 Å². The number of carbonyl (C=O) groups is 1. The monoisotopic (exact) mass is 325 g/mol. The lowest BCUT2D eigenvalue weighted by atomic mass is 10.2. The van der Waals surface area contributed by atoms with Gasteiger partial charge in [0.25, 0.3) is 12.3 Å². The number of hydrogen-bond donors (Lipinski definition) is 0. The van der Waals surface area contributed by atoms with E-state index in [-0.39, 0.29) is 11.3 Å². The second-order valence-electron chi connectivity index (χ2n) is 5.63. The normalized spacial score (nSPS) is 11.3. The van der Waals surface area contributed by atoms with Gasteiger partial charge in [0.2, 0.25) is 0 Å². The molecule has 0 fully saturated rings. The van der Waals surface area contributed by atoms with Crippen molar-refractivity contribution >= 4 is 11.6 Å². The fourth-order valence-electron chi connectivity index (χ4n) is 2.17. The van der Waals surface area contributed by atoms with Gasteiger partial charge < -0.3 is 4.90 Å². The average Bonchev–Trinajstić information content (AvgIpc) is 2.92. The second kappa shape index (κ2) is 7.30. The number of amides is 1. The zero-order valence-electron chi connectivity index (χ0n) is 12.9. The van der Waals surface area contributed by atoms with Crippen LogP contribution in [0.4, 0.5) is 18.9 Å². The summed E-state index contributed by atoms with van der Waals surface area (Å²) in [5.74, 6) is -0.748. The molecule has 1 heterocycles. The van der Waals surface area contributed by atoms with Crippen LogP contribution in [0.3, 0.4) is 0 Å². The number of nitrogens with zero attached hydrogens (tertiary/aromatic N) is 3. The standard InChI is InChI=1S/C16H18F3N3O/c1-11(2)8-21-9-12(7-20-21)16(23)22(10-15(18)19)14-5-3-13(17)4-6-14/h3-7,9,11,15H,8,10H2,1-2H3. The van der Waals surface area contributed by atoms with Crippen molar-refractivity contribution in [1.82, 2.24) is 9.78 Å². The smallest absolute Gasteiger partial charge is 0.261 e. The molecule has 1 amide bonds. The van der Waals surface area contributed by atoms with Gasteiger partial charge in [0, 0.05) is 18.4 Å². The van der Waals surface area contributed by atoms with Crippen molar-refractivity contribution in [1.29, 1.82) is 0 Å². The molecule has 0 unspecified atom stereocenters. The van der Waals surface area contributed by atoms with Gasteiger partial charge in [-0.15, -0.1) is 0 Å². The van der Waals surface area contributed by atoms with Crippen LogP contribution in [0, 0.1) is 11.7 Å². The van der Waals surface area contributed by atoms with E-state index in [9.17, 15) is 18.0 Å². The van der Waals surface area contributed by atoms with Gasteiger partial charge in [-0.2, -0.15) is 5.10 Å². The molecule has 0 aliphatic rings. The third-order valence-electron chi connectivity index (χ3n) is 3.14. The van der Waals surface area contributed by atoms with Crippen molar-refractivity contribution < 1.29 is 18.0 Å². The van der Waals surface area contributed by atoms with E-state index in [1.807, 2.05) is 13.8 Å². The first-order valence-corrected chi connectivity index (χ1v) is 7.25. The van der Waals surface area contributed by atoms with Crippen molar-refractivity contribution in [2.75, 3.05) is 11.4 Å². The highest BCUT2D eigenvalue weighted by Crippen LogP contribution is 2.19. The van der Waals surface area contributed by atoms with E-state index in [1.165, 1.54) is 24.5 Å². The van der Waals surface area contributed by atoms with Crippen LogP contribution in [0.2, 0.25) is 0 Å². The molecule has 0 atom stereocenters. The zero-order valence-corrected chi connectivity index (χ0v) is 12.9. The quantitative estimate of drug-likeness (QED) is 0.814. The highest BCUT2D eigenvalue weighted by atomic mass is 19.3. The number of rotatable bonds is 6. The molecule has 0 bridgehead atoms. The van der Waals surface area contributed by atoms with Crippen molar-refractivity contribution in [3.63, 3.8) is 0 Å². The number of benzene rings is 1. The van der Waals surface area contributed by atoms with Crippen LogP contribution >= 0.6 is 0 Å². The van der Waals surface area contributed by atoms with Crippen molar-refractivity contribution in [3.8, 4) is 0 Å². The second-order valence-corrected chi connectivity index (χ2v) is 5.63. The van der Waals surface area contributed by atoms with Gasteiger partial charge in [0.05, 0.1) is 18.3 Å². The van der Waals surface area contributed by atoms with Crippen LogP contribution in [0.15, 0.2) is 36.7 Å². The summed E-state index contributed by atoms with van der Waals surface area (Å²) < 4.78 is 40.2. The molecule has 0 spiro atoms. The summed E-state index contributed by atoms with van der Waals surface area (Å²) in [7, 11) is 0. The van der Waals surface area contributed by atoms with Crippen LogP contribution in [0.25, 0.3) is 0 Å². The summed E-state index contributed by atoms with van der Waals surface area (Å²) in [4.78, 5) is 13.4. The lowest BCUT2D eigenvalue weighted by molar-refractivity contribution is 0.0945. The molecule has 0 saturated carbocycles. The van der Waals surface area contributed by atoms with Gasteiger partial charge in [0.15, 0.2) is 0 Å². The van der Waals surface area contributed by atoms with Crippen molar-refractivity contribution in [3.05, 3.63) is 48.0 Å². The fourth-order valence-corrected chi connectivity index (χ4v) is 2.17. The minimum absolute atomic E-state index is 0.216. The first-order chi connectivity index (χ1) is 10.9. The maximum Gasteiger partial charge on any atom is 0.261 e. The Hall–Kier alpha value is -2.31. The predicted octanol–water partition coefficient (Wildman–Crippen LogP) is 3.59. The molecule has 0 N–H and O–H groups in total. The van der Waals surface area contributed by atoms with Crippen LogP contribution in [0.1, 0.15) is 24.2 Å². The van der Waals surface area contributed by atoms with Gasteiger partial charge in [0.1, 0.15) is 5.82 Å². The Morgan fingerprint density at radius 3 is 2.48 bits per heavy atom. The molecule has 2 rings (SSSR count).